The van der Waals surface area contributed by atoms with Crippen LogP contribution >= 0.6 is 23.2 Å². The van der Waals surface area contributed by atoms with Crippen molar-refractivity contribution in [2.75, 3.05) is 0 Å². The quantitative estimate of drug-likeness (QED) is 0.941. The molecular formula is C13H15Cl2N3O. The Morgan fingerprint density at radius 1 is 1.26 bits per heavy atom. The van der Waals surface area contributed by atoms with Gasteiger partial charge >= 0.3 is 0 Å². The Morgan fingerprint density at radius 3 is 2.63 bits per heavy atom. The van der Waals surface area contributed by atoms with E-state index in [4.69, 9.17) is 33.5 Å². The summed E-state index contributed by atoms with van der Waals surface area (Å²) in [5.74, 6) is 1.15. The molecule has 4 nitrogen and oxygen atoms in total. The molecule has 1 aromatic carbocycles. The number of hydrogen-bond donors (Lipinski definition) is 1. The molecule has 2 N–H and O–H groups in total. The number of hydrogen-bond acceptors (Lipinski definition) is 4. The Bertz CT molecular complexity index is 576. The molecule has 0 fully saturated rings. The topological polar surface area (TPSA) is 64.9 Å². The summed E-state index contributed by atoms with van der Waals surface area (Å²) < 4.78 is 5.17. The van der Waals surface area contributed by atoms with Crippen molar-refractivity contribution in [3.63, 3.8) is 0 Å². The summed E-state index contributed by atoms with van der Waals surface area (Å²) in [6.45, 7) is 3.83. The molecule has 19 heavy (non-hydrogen) atoms. The summed E-state index contributed by atoms with van der Waals surface area (Å²) in [6, 6.07) is 5.44. The summed E-state index contributed by atoms with van der Waals surface area (Å²) >= 11 is 11.8. The van der Waals surface area contributed by atoms with E-state index in [0.29, 0.717) is 34.6 Å². The van der Waals surface area contributed by atoms with E-state index in [0.717, 1.165) is 5.56 Å². The third-order valence-electron chi connectivity index (χ3n) is 2.46. The molecule has 102 valence electrons. The van der Waals surface area contributed by atoms with Crippen LogP contribution in [0.1, 0.15) is 31.1 Å². The highest BCUT2D eigenvalue weighted by Crippen LogP contribution is 2.23. The van der Waals surface area contributed by atoms with E-state index in [-0.39, 0.29) is 5.54 Å². The van der Waals surface area contributed by atoms with Gasteiger partial charge in [-0.2, -0.15) is 4.98 Å². The standard InChI is InChI=1S/C13H15Cl2N3O/c1-13(2,16)7-12-17-11(18-19-12)6-8-3-4-9(14)10(15)5-8/h3-5H,6-7,16H2,1-2H3. The Labute approximate surface area is 121 Å². The molecule has 2 rings (SSSR count). The van der Waals surface area contributed by atoms with Crippen molar-refractivity contribution in [3.8, 4) is 0 Å². The minimum absolute atomic E-state index is 0.368. The molecule has 0 aliphatic carbocycles. The van der Waals surface area contributed by atoms with Crippen molar-refractivity contribution in [2.24, 2.45) is 5.73 Å². The maximum absolute atomic E-state index is 5.96. The minimum Gasteiger partial charge on any atom is -0.339 e. The Hall–Kier alpha value is -1.10. The van der Waals surface area contributed by atoms with Gasteiger partial charge in [0.15, 0.2) is 5.82 Å². The molecule has 0 bridgehead atoms. The second kappa shape index (κ2) is 5.49. The van der Waals surface area contributed by atoms with E-state index in [1.807, 2.05) is 19.9 Å². The maximum Gasteiger partial charge on any atom is 0.228 e. The smallest absolute Gasteiger partial charge is 0.228 e. The lowest BCUT2D eigenvalue weighted by atomic mass is 10.0. The fourth-order valence-electron chi connectivity index (χ4n) is 1.66. The summed E-state index contributed by atoms with van der Waals surface area (Å²) in [7, 11) is 0. The Kier molecular flexibility index (Phi) is 4.13. The van der Waals surface area contributed by atoms with E-state index in [2.05, 4.69) is 10.1 Å². The molecule has 0 aliphatic heterocycles. The highest BCUT2D eigenvalue weighted by molar-refractivity contribution is 6.42. The fraction of sp³-hybridized carbons (Fsp3) is 0.385. The lowest BCUT2D eigenvalue weighted by Gasteiger charge is -2.14. The van der Waals surface area contributed by atoms with Gasteiger partial charge in [-0.3, -0.25) is 0 Å². The number of benzene rings is 1. The highest BCUT2D eigenvalue weighted by atomic mass is 35.5. The zero-order chi connectivity index (χ0) is 14.0. The van der Waals surface area contributed by atoms with Gasteiger partial charge in [-0.25, -0.2) is 0 Å². The predicted molar refractivity (Wildman–Crippen MR) is 75.5 cm³/mol. The molecule has 1 aromatic heterocycles. The fourth-order valence-corrected chi connectivity index (χ4v) is 1.98. The first-order valence-electron chi connectivity index (χ1n) is 5.88. The van der Waals surface area contributed by atoms with Gasteiger partial charge in [0.25, 0.3) is 0 Å². The first-order valence-corrected chi connectivity index (χ1v) is 6.63. The van der Waals surface area contributed by atoms with Crippen molar-refractivity contribution in [1.29, 1.82) is 0 Å². The van der Waals surface area contributed by atoms with Crippen LogP contribution in [0.4, 0.5) is 0 Å². The molecule has 0 atom stereocenters. The van der Waals surface area contributed by atoms with E-state index in [1.165, 1.54) is 0 Å². The van der Waals surface area contributed by atoms with Crippen molar-refractivity contribution in [1.82, 2.24) is 10.1 Å². The van der Waals surface area contributed by atoms with Gasteiger partial charge in [-0.15, -0.1) is 0 Å². The van der Waals surface area contributed by atoms with E-state index < -0.39 is 0 Å². The van der Waals surface area contributed by atoms with Crippen molar-refractivity contribution < 1.29 is 4.52 Å². The molecular weight excluding hydrogens is 285 g/mol. The minimum atomic E-state index is -0.368. The van der Waals surface area contributed by atoms with Crippen LogP contribution in [0, 0.1) is 0 Å². The molecule has 0 unspecified atom stereocenters. The monoisotopic (exact) mass is 299 g/mol. The van der Waals surface area contributed by atoms with E-state index in [9.17, 15) is 0 Å². The van der Waals surface area contributed by atoms with Crippen LogP contribution in [0.15, 0.2) is 22.7 Å². The molecule has 2 aromatic rings. The summed E-state index contributed by atoms with van der Waals surface area (Å²) in [4.78, 5) is 4.31. The largest absolute Gasteiger partial charge is 0.339 e. The second-order valence-electron chi connectivity index (χ2n) is 5.19. The van der Waals surface area contributed by atoms with Crippen molar-refractivity contribution in [2.45, 2.75) is 32.2 Å². The van der Waals surface area contributed by atoms with Gasteiger partial charge in [0.05, 0.1) is 10.0 Å². The molecule has 0 saturated carbocycles. The summed E-state index contributed by atoms with van der Waals surface area (Å²) in [6.07, 6.45) is 1.09. The number of rotatable bonds is 4. The number of aromatic nitrogens is 2. The molecule has 0 spiro atoms. The zero-order valence-corrected chi connectivity index (χ0v) is 12.3. The molecule has 0 amide bonds. The second-order valence-corrected chi connectivity index (χ2v) is 6.01. The number of nitrogens with two attached hydrogens (primary N) is 1. The van der Waals surface area contributed by atoms with Gasteiger partial charge in [-0.05, 0) is 31.5 Å². The highest BCUT2D eigenvalue weighted by Gasteiger charge is 2.17. The Morgan fingerprint density at radius 2 is 2.00 bits per heavy atom. The van der Waals surface area contributed by atoms with Crippen LogP contribution < -0.4 is 5.73 Å². The molecule has 1 heterocycles. The van der Waals surface area contributed by atoms with Crippen LogP contribution in [0.3, 0.4) is 0 Å². The molecule has 6 heteroatoms. The average Bonchev–Trinajstić information content (AvgIpc) is 2.68. The normalized spacial score (nSPS) is 11.8. The summed E-state index contributed by atoms with van der Waals surface area (Å²) in [5.41, 5.74) is 6.52. The lowest BCUT2D eigenvalue weighted by Crippen LogP contribution is -2.34. The zero-order valence-electron chi connectivity index (χ0n) is 10.8. The van der Waals surface area contributed by atoms with Crippen LogP contribution in [0.25, 0.3) is 0 Å². The third kappa shape index (κ3) is 4.20. The maximum atomic E-state index is 5.96. The first-order chi connectivity index (χ1) is 8.83. The third-order valence-corrected chi connectivity index (χ3v) is 3.20. The van der Waals surface area contributed by atoms with Crippen molar-refractivity contribution in [3.05, 3.63) is 45.5 Å². The number of nitrogens with zero attached hydrogens (tertiary/aromatic N) is 2. The molecule has 0 radical (unpaired) electrons. The average molecular weight is 300 g/mol. The van der Waals surface area contributed by atoms with Gasteiger partial charge in [-0.1, -0.05) is 34.4 Å². The van der Waals surface area contributed by atoms with Crippen LogP contribution in [0.2, 0.25) is 10.0 Å². The van der Waals surface area contributed by atoms with Gasteiger partial charge in [0.2, 0.25) is 5.89 Å². The lowest BCUT2D eigenvalue weighted by molar-refractivity contribution is 0.345. The first kappa shape index (κ1) is 14.3. The van der Waals surface area contributed by atoms with Crippen LogP contribution in [-0.2, 0) is 12.8 Å². The number of halogens is 2. The van der Waals surface area contributed by atoms with Gasteiger partial charge in [0.1, 0.15) is 0 Å². The van der Waals surface area contributed by atoms with E-state index >= 15 is 0 Å². The van der Waals surface area contributed by atoms with Crippen LogP contribution in [-0.4, -0.2) is 15.7 Å². The summed E-state index contributed by atoms with van der Waals surface area (Å²) in [5, 5.41) is 4.98. The SMILES string of the molecule is CC(C)(N)Cc1nc(Cc2ccc(Cl)c(Cl)c2)no1. The molecule has 0 aliphatic rings. The van der Waals surface area contributed by atoms with Gasteiger partial charge < -0.3 is 10.3 Å². The predicted octanol–water partition coefficient (Wildman–Crippen LogP) is 3.25. The Balaban J connectivity index is 2.09. The van der Waals surface area contributed by atoms with Gasteiger partial charge in [0, 0.05) is 18.4 Å². The van der Waals surface area contributed by atoms with Crippen LogP contribution in [0.5, 0.6) is 0 Å². The van der Waals surface area contributed by atoms with Crippen molar-refractivity contribution >= 4 is 23.2 Å². The van der Waals surface area contributed by atoms with E-state index in [1.54, 1.807) is 12.1 Å². The molecule has 0 saturated heterocycles.